The summed E-state index contributed by atoms with van der Waals surface area (Å²) in [5.41, 5.74) is 0. The minimum Gasteiger partial charge on any atom is -0.456 e. The summed E-state index contributed by atoms with van der Waals surface area (Å²) in [6.45, 7) is 6.96. The van der Waals surface area contributed by atoms with E-state index in [2.05, 4.69) is 74.7 Å². The lowest BCUT2D eigenvalue weighted by molar-refractivity contribution is -0.870. The fourth-order valence-electron chi connectivity index (χ4n) is 8.99. The Bertz CT molecular complexity index is 1470. The van der Waals surface area contributed by atoms with Crippen LogP contribution in [0.4, 0.5) is 0 Å². The van der Waals surface area contributed by atoms with Crippen molar-refractivity contribution < 1.29 is 37.3 Å². The van der Waals surface area contributed by atoms with Crippen LogP contribution in [0.25, 0.3) is 0 Å². The van der Waals surface area contributed by atoms with Crippen LogP contribution in [0.5, 0.6) is 0 Å². The molecule has 0 aromatic heterocycles. The van der Waals surface area contributed by atoms with Crippen molar-refractivity contribution in [3.63, 3.8) is 0 Å². The summed E-state index contributed by atoms with van der Waals surface area (Å²) in [6.07, 6.45) is 69.4. The maximum absolute atomic E-state index is 13.5. The molecule has 0 radical (unpaired) electrons. The molecular weight excluding hydrogens is 952 g/mol. The number of likely N-dealkylation sites (N-methyl/N-ethyl adjacent to an activating group) is 1. The second kappa shape index (κ2) is 55.0. The molecule has 0 aliphatic heterocycles. The number of rotatable bonds is 57. The van der Waals surface area contributed by atoms with E-state index in [0.29, 0.717) is 17.4 Å². The first-order valence-corrected chi connectivity index (χ1v) is 33.1. The third-order valence-corrected chi connectivity index (χ3v) is 14.9. The Hall–Kier alpha value is -2.29. The minimum atomic E-state index is -4.45. The highest BCUT2D eigenvalue weighted by Crippen LogP contribution is 2.43. The maximum Gasteiger partial charge on any atom is 0.472 e. The molecule has 2 N–H and O–H groups in total. The summed E-state index contributed by atoms with van der Waals surface area (Å²) >= 11 is 0. The molecule has 10 heteroatoms. The van der Waals surface area contributed by atoms with Gasteiger partial charge in [-0.2, -0.15) is 0 Å². The number of esters is 1. The normalized spacial score (nSPS) is 14.1. The van der Waals surface area contributed by atoms with Gasteiger partial charge in [0.25, 0.3) is 0 Å². The average molecular weight is 1070 g/mol. The van der Waals surface area contributed by atoms with Gasteiger partial charge in [-0.05, 0) is 89.5 Å². The van der Waals surface area contributed by atoms with Crippen molar-refractivity contribution in [3.05, 3.63) is 60.8 Å². The van der Waals surface area contributed by atoms with Gasteiger partial charge in [0, 0.05) is 12.8 Å². The molecule has 0 saturated heterocycles. The van der Waals surface area contributed by atoms with Gasteiger partial charge < -0.3 is 19.4 Å². The van der Waals surface area contributed by atoms with E-state index in [-0.39, 0.29) is 31.5 Å². The third-order valence-electron chi connectivity index (χ3n) is 13.9. The summed E-state index contributed by atoms with van der Waals surface area (Å²) in [4.78, 5) is 37.7. The minimum absolute atomic E-state index is 0.0381. The van der Waals surface area contributed by atoms with Crippen LogP contribution >= 0.6 is 7.82 Å². The monoisotopic (exact) mass is 1070 g/mol. The molecule has 1 amide bonds. The number of carbonyl (C=O) groups is 2. The van der Waals surface area contributed by atoms with Crippen LogP contribution < -0.4 is 5.32 Å². The first-order valence-electron chi connectivity index (χ1n) is 31.6. The molecule has 0 aromatic carbocycles. The Morgan fingerprint density at radius 3 is 1.29 bits per heavy atom. The van der Waals surface area contributed by atoms with Gasteiger partial charge >= 0.3 is 13.8 Å². The van der Waals surface area contributed by atoms with E-state index in [4.69, 9.17) is 13.8 Å². The third kappa shape index (κ3) is 56.2. The molecule has 0 bridgehead atoms. The summed E-state index contributed by atoms with van der Waals surface area (Å²) in [5.74, 6) is -0.513. The van der Waals surface area contributed by atoms with E-state index in [9.17, 15) is 19.0 Å². The quantitative estimate of drug-likeness (QED) is 0.0205. The van der Waals surface area contributed by atoms with Crippen LogP contribution in [0.2, 0.25) is 0 Å². The number of allylic oxidation sites excluding steroid dienone is 9. The summed E-state index contributed by atoms with van der Waals surface area (Å²) in [6, 6.07) is -0.852. The zero-order valence-electron chi connectivity index (χ0n) is 50.0. The molecule has 0 fully saturated rings. The highest BCUT2D eigenvalue weighted by Gasteiger charge is 2.30. The lowest BCUT2D eigenvalue weighted by Crippen LogP contribution is -2.47. The zero-order chi connectivity index (χ0) is 55.0. The van der Waals surface area contributed by atoms with Crippen LogP contribution in [0.1, 0.15) is 290 Å². The van der Waals surface area contributed by atoms with Crippen molar-refractivity contribution in [2.45, 2.75) is 303 Å². The molecule has 0 saturated carbocycles. The van der Waals surface area contributed by atoms with Gasteiger partial charge in [0.2, 0.25) is 5.91 Å². The molecule has 75 heavy (non-hydrogen) atoms. The van der Waals surface area contributed by atoms with Gasteiger partial charge in [0.05, 0.1) is 33.8 Å². The van der Waals surface area contributed by atoms with Gasteiger partial charge in [-0.15, -0.1) is 0 Å². The Labute approximate surface area is 464 Å². The number of nitrogens with zero attached hydrogens (tertiary/aromatic N) is 1. The van der Waals surface area contributed by atoms with Gasteiger partial charge in [-0.25, -0.2) is 4.57 Å². The highest BCUT2D eigenvalue weighted by molar-refractivity contribution is 7.47. The van der Waals surface area contributed by atoms with E-state index >= 15 is 0 Å². The van der Waals surface area contributed by atoms with Crippen molar-refractivity contribution in [1.82, 2.24) is 5.32 Å². The topological polar surface area (TPSA) is 111 Å². The molecule has 9 nitrogen and oxygen atoms in total. The molecule has 0 aromatic rings. The molecule has 3 unspecified atom stereocenters. The van der Waals surface area contributed by atoms with Crippen LogP contribution in [0.3, 0.4) is 0 Å². The van der Waals surface area contributed by atoms with Gasteiger partial charge in [-0.1, -0.05) is 249 Å². The van der Waals surface area contributed by atoms with Crippen molar-refractivity contribution >= 4 is 19.7 Å². The molecule has 0 aliphatic carbocycles. The van der Waals surface area contributed by atoms with Gasteiger partial charge in [0.1, 0.15) is 19.3 Å². The number of phosphoric acid groups is 1. The van der Waals surface area contributed by atoms with Crippen LogP contribution in [0.15, 0.2) is 60.8 Å². The number of hydrogen-bond donors (Lipinski definition) is 2. The molecule has 438 valence electrons. The van der Waals surface area contributed by atoms with E-state index in [1.165, 1.54) is 161 Å². The largest absolute Gasteiger partial charge is 0.472 e. The SMILES string of the molecule is CCCC/C=C\CCCCCCCC(=O)OC(/C=C/CCCCCCCCCCCCC)C(COP(=O)(O)OCC[N+](C)(C)C)NC(=O)CCCCCCCCCCCCCC/C=C\C/C=C\C/C=C\CCCCC. The number of hydrogen-bond acceptors (Lipinski definition) is 6. The smallest absolute Gasteiger partial charge is 0.456 e. The van der Waals surface area contributed by atoms with Gasteiger partial charge in [0.15, 0.2) is 0 Å². The Morgan fingerprint density at radius 2 is 0.827 bits per heavy atom. The summed E-state index contributed by atoms with van der Waals surface area (Å²) in [5, 5.41) is 3.06. The Kier molecular flexibility index (Phi) is 53.4. The van der Waals surface area contributed by atoms with E-state index in [0.717, 1.165) is 96.3 Å². The molecular formula is C65H122N2O7P+. The van der Waals surface area contributed by atoms with Crippen LogP contribution in [-0.2, 0) is 27.9 Å². The van der Waals surface area contributed by atoms with E-state index in [1.807, 2.05) is 33.3 Å². The number of ether oxygens (including phenoxy) is 1. The standard InChI is InChI=1S/C65H121N2O7P/c1-7-10-13-16-19-22-25-27-28-29-30-31-32-33-34-35-36-37-38-40-43-45-48-51-54-57-64(68)66-62(61-73-75(70,71)72-60-59-67(4,5)6)63(56-53-50-47-44-42-39-26-23-20-17-14-11-8-2)74-65(69)58-55-52-49-46-41-24-21-18-15-12-9-3/h18-19,21-22,27-28,30-31,53,56,62-63H,7-17,20,23-26,29,32-52,54-55,57-61H2,1-6H3,(H-,66,68,70,71)/p+1/b21-18-,22-19-,28-27-,31-30-,56-53+. The van der Waals surface area contributed by atoms with Gasteiger partial charge in [-0.3, -0.25) is 18.6 Å². The second-order valence-corrected chi connectivity index (χ2v) is 24.0. The zero-order valence-corrected chi connectivity index (χ0v) is 50.9. The number of quaternary nitrogens is 1. The number of phosphoric ester groups is 1. The van der Waals surface area contributed by atoms with Crippen LogP contribution in [-0.4, -0.2) is 74.3 Å². The molecule has 3 atom stereocenters. The first kappa shape index (κ1) is 72.7. The van der Waals surface area contributed by atoms with Crippen LogP contribution in [0, 0.1) is 0 Å². The molecule has 0 spiro atoms. The number of unbranched alkanes of at least 4 members (excludes halogenated alkanes) is 33. The fraction of sp³-hybridized carbons (Fsp3) is 0.815. The van der Waals surface area contributed by atoms with E-state index < -0.39 is 20.0 Å². The first-order chi connectivity index (χ1) is 36.4. The fourth-order valence-corrected chi connectivity index (χ4v) is 9.72. The lowest BCUT2D eigenvalue weighted by Gasteiger charge is -2.27. The number of nitrogens with one attached hydrogen (secondary N) is 1. The Morgan fingerprint density at radius 1 is 0.467 bits per heavy atom. The summed E-state index contributed by atoms with van der Waals surface area (Å²) in [7, 11) is 1.49. The molecule has 0 rings (SSSR count). The number of amides is 1. The van der Waals surface area contributed by atoms with Crippen molar-refractivity contribution in [2.24, 2.45) is 0 Å². The molecule has 0 heterocycles. The lowest BCUT2D eigenvalue weighted by atomic mass is 10.0. The highest BCUT2D eigenvalue weighted by atomic mass is 31.2. The summed E-state index contributed by atoms with van der Waals surface area (Å²) < 4.78 is 30.7. The number of carbonyl (C=O) groups excluding carboxylic acids is 2. The van der Waals surface area contributed by atoms with E-state index in [1.54, 1.807) is 0 Å². The maximum atomic E-state index is 13.5. The van der Waals surface area contributed by atoms with Crippen molar-refractivity contribution in [2.75, 3.05) is 40.9 Å². The molecule has 0 aliphatic rings. The predicted octanol–water partition coefficient (Wildman–Crippen LogP) is 19.4. The predicted molar refractivity (Wildman–Crippen MR) is 323 cm³/mol. The second-order valence-electron chi connectivity index (χ2n) is 22.6. The average Bonchev–Trinajstić information content (AvgIpc) is 3.37. The van der Waals surface area contributed by atoms with Crippen molar-refractivity contribution in [3.8, 4) is 0 Å². The van der Waals surface area contributed by atoms with Crippen molar-refractivity contribution in [1.29, 1.82) is 0 Å². The Balaban J connectivity index is 5.10.